The molecule has 0 aromatic heterocycles. The van der Waals surface area contributed by atoms with Gasteiger partial charge in [-0.25, -0.2) is 0 Å². The molecule has 0 nitrogen and oxygen atoms in total. The van der Waals surface area contributed by atoms with Crippen molar-refractivity contribution in [2.45, 2.75) is 13.1 Å². The average molecular weight is 180 g/mol. The van der Waals surface area contributed by atoms with Crippen molar-refractivity contribution in [2.75, 3.05) is 5.75 Å². The summed E-state index contributed by atoms with van der Waals surface area (Å²) in [4.78, 5) is 0. The van der Waals surface area contributed by atoms with E-state index >= 15 is 0 Å². The van der Waals surface area contributed by atoms with Crippen molar-refractivity contribution in [1.29, 1.82) is 0 Å². The lowest BCUT2D eigenvalue weighted by Crippen LogP contribution is -2.27. The molecule has 0 fully saturated rings. The van der Waals surface area contributed by atoms with Gasteiger partial charge in [0.2, 0.25) is 0 Å². The van der Waals surface area contributed by atoms with Gasteiger partial charge in [0.25, 0.3) is 0 Å². The van der Waals surface area contributed by atoms with Crippen LogP contribution in [-0.4, -0.2) is 11.9 Å². The van der Waals surface area contributed by atoms with E-state index in [1.165, 1.54) is 18.7 Å². The molecule has 2 unspecified atom stereocenters. The molecular formula is C7H7F3S. The van der Waals surface area contributed by atoms with Crippen LogP contribution in [-0.2, 0) is 0 Å². The lowest BCUT2D eigenvalue weighted by atomic mass is 9.96. The first-order valence-electron chi connectivity index (χ1n) is 3.21. The lowest BCUT2D eigenvalue weighted by molar-refractivity contribution is -0.176. The van der Waals surface area contributed by atoms with Crippen LogP contribution in [0.5, 0.6) is 0 Å². The summed E-state index contributed by atoms with van der Waals surface area (Å²) in [5.74, 6) is 1.23. The molecule has 1 aliphatic heterocycles. The molecule has 0 aliphatic carbocycles. The minimum Gasteiger partial charge on any atom is -0.171 e. The summed E-state index contributed by atoms with van der Waals surface area (Å²) in [6, 6.07) is 0. The second-order valence-electron chi connectivity index (χ2n) is 2.49. The standard InChI is InChI=1S/C7H7F3S/c1-5(7(8,9)10)6-2-3-11-4-6/h5-6H,4H2,1H3. The molecule has 0 radical (unpaired) electrons. The molecule has 0 bridgehead atoms. The van der Waals surface area contributed by atoms with Gasteiger partial charge in [0, 0.05) is 11.7 Å². The Morgan fingerprint density at radius 2 is 2.18 bits per heavy atom. The Labute approximate surface area is 67.5 Å². The molecule has 0 saturated carbocycles. The zero-order valence-electron chi connectivity index (χ0n) is 5.90. The van der Waals surface area contributed by atoms with Crippen molar-refractivity contribution in [1.82, 2.24) is 0 Å². The fourth-order valence-corrected chi connectivity index (χ4v) is 1.66. The van der Waals surface area contributed by atoms with Crippen LogP contribution in [0.25, 0.3) is 0 Å². The van der Waals surface area contributed by atoms with E-state index in [1.807, 2.05) is 0 Å². The molecule has 0 N–H and O–H groups in total. The summed E-state index contributed by atoms with van der Waals surface area (Å²) in [6.07, 6.45) is -4.09. The van der Waals surface area contributed by atoms with Crippen LogP contribution in [0.15, 0.2) is 0 Å². The summed E-state index contributed by atoms with van der Waals surface area (Å²) in [5, 5.41) is 2.59. The average Bonchev–Trinajstić information content (AvgIpc) is 2.34. The Morgan fingerprint density at radius 1 is 1.55 bits per heavy atom. The van der Waals surface area contributed by atoms with Crippen molar-refractivity contribution < 1.29 is 13.2 Å². The number of halogens is 3. The van der Waals surface area contributed by atoms with Gasteiger partial charge < -0.3 is 0 Å². The Balaban J connectivity index is 2.56. The van der Waals surface area contributed by atoms with Crippen LogP contribution in [0.4, 0.5) is 13.2 Å². The number of rotatable bonds is 1. The minimum atomic E-state index is -4.09. The fraction of sp³-hybridized carbons (Fsp3) is 0.714. The second-order valence-corrected chi connectivity index (χ2v) is 3.32. The lowest BCUT2D eigenvalue weighted by Gasteiger charge is -2.18. The highest BCUT2D eigenvalue weighted by Crippen LogP contribution is 2.34. The van der Waals surface area contributed by atoms with Gasteiger partial charge in [0.05, 0.1) is 5.92 Å². The van der Waals surface area contributed by atoms with Crippen LogP contribution in [0.2, 0.25) is 0 Å². The molecule has 0 amide bonds. The molecule has 11 heavy (non-hydrogen) atoms. The normalized spacial score (nSPS) is 26.0. The quantitative estimate of drug-likeness (QED) is 0.559. The van der Waals surface area contributed by atoms with Gasteiger partial charge in [0.1, 0.15) is 0 Å². The molecule has 1 rings (SSSR count). The Hall–Kier alpha value is -0.300. The number of alkyl halides is 3. The largest absolute Gasteiger partial charge is 0.392 e. The van der Waals surface area contributed by atoms with Crippen LogP contribution < -0.4 is 0 Å². The summed E-state index contributed by atoms with van der Waals surface area (Å²) in [7, 11) is 0. The van der Waals surface area contributed by atoms with E-state index in [0.29, 0.717) is 5.75 Å². The summed E-state index contributed by atoms with van der Waals surface area (Å²) >= 11 is 1.27. The Bertz CT molecular complexity index is 198. The fourth-order valence-electron chi connectivity index (χ4n) is 0.788. The van der Waals surface area contributed by atoms with Crippen molar-refractivity contribution in [3.05, 3.63) is 0 Å². The van der Waals surface area contributed by atoms with E-state index in [9.17, 15) is 13.2 Å². The van der Waals surface area contributed by atoms with Gasteiger partial charge >= 0.3 is 6.18 Å². The third-order valence-corrected chi connectivity index (χ3v) is 2.49. The second kappa shape index (κ2) is 2.98. The van der Waals surface area contributed by atoms with Gasteiger partial charge in [-0.15, -0.1) is 0 Å². The van der Waals surface area contributed by atoms with Gasteiger partial charge in [-0.2, -0.15) is 13.2 Å². The Kier molecular flexibility index (Phi) is 2.38. The first kappa shape index (κ1) is 8.79. The van der Waals surface area contributed by atoms with Crippen molar-refractivity contribution in [3.63, 3.8) is 0 Å². The smallest absolute Gasteiger partial charge is 0.171 e. The molecule has 62 valence electrons. The molecule has 2 atom stereocenters. The van der Waals surface area contributed by atoms with Crippen LogP contribution >= 0.6 is 11.8 Å². The number of hydrogen-bond donors (Lipinski definition) is 0. The first-order valence-corrected chi connectivity index (χ1v) is 4.19. The first-order chi connectivity index (χ1) is 5.02. The van der Waals surface area contributed by atoms with E-state index in [2.05, 4.69) is 11.2 Å². The van der Waals surface area contributed by atoms with E-state index in [1.54, 1.807) is 0 Å². The third-order valence-electron chi connectivity index (χ3n) is 1.70. The highest BCUT2D eigenvalue weighted by molar-refractivity contribution is 8.04. The molecule has 0 aromatic carbocycles. The van der Waals surface area contributed by atoms with Gasteiger partial charge in [0.15, 0.2) is 0 Å². The SMILES string of the molecule is CC(C1C#CSC1)C(F)(F)F. The molecule has 4 heteroatoms. The van der Waals surface area contributed by atoms with Crippen LogP contribution in [0, 0.1) is 23.0 Å². The van der Waals surface area contributed by atoms with E-state index in [4.69, 9.17) is 0 Å². The van der Waals surface area contributed by atoms with Gasteiger partial charge in [-0.1, -0.05) is 24.6 Å². The molecule has 0 spiro atoms. The third kappa shape index (κ3) is 2.06. The van der Waals surface area contributed by atoms with E-state index in [0.717, 1.165) is 0 Å². The van der Waals surface area contributed by atoms with E-state index in [-0.39, 0.29) is 0 Å². The van der Waals surface area contributed by atoms with Crippen LogP contribution in [0.3, 0.4) is 0 Å². The molecular weight excluding hydrogens is 173 g/mol. The van der Waals surface area contributed by atoms with Crippen molar-refractivity contribution in [2.24, 2.45) is 11.8 Å². The van der Waals surface area contributed by atoms with Gasteiger partial charge in [-0.3, -0.25) is 0 Å². The zero-order valence-corrected chi connectivity index (χ0v) is 6.72. The monoisotopic (exact) mass is 180 g/mol. The molecule has 0 aromatic rings. The van der Waals surface area contributed by atoms with Crippen LogP contribution in [0.1, 0.15) is 6.92 Å². The van der Waals surface area contributed by atoms with Gasteiger partial charge in [-0.05, 0) is 5.25 Å². The summed E-state index contributed by atoms with van der Waals surface area (Å²) in [6.45, 7) is 1.19. The summed E-state index contributed by atoms with van der Waals surface area (Å²) < 4.78 is 36.1. The molecule has 1 heterocycles. The molecule has 0 saturated heterocycles. The summed E-state index contributed by atoms with van der Waals surface area (Å²) in [5.41, 5.74) is 0. The maximum absolute atomic E-state index is 12.0. The highest BCUT2D eigenvalue weighted by atomic mass is 32.2. The number of thioether (sulfide) groups is 1. The topological polar surface area (TPSA) is 0 Å². The van der Waals surface area contributed by atoms with Crippen molar-refractivity contribution in [3.8, 4) is 11.2 Å². The minimum absolute atomic E-state index is 0.459. The maximum atomic E-state index is 12.0. The predicted octanol–water partition coefficient (Wildman–Crippen LogP) is 2.51. The number of hydrogen-bond acceptors (Lipinski definition) is 1. The van der Waals surface area contributed by atoms with Crippen molar-refractivity contribution >= 4 is 11.8 Å². The predicted molar refractivity (Wildman–Crippen MR) is 38.9 cm³/mol. The maximum Gasteiger partial charge on any atom is 0.392 e. The molecule has 1 aliphatic rings. The zero-order chi connectivity index (χ0) is 8.48. The Morgan fingerprint density at radius 3 is 2.55 bits per heavy atom. The highest BCUT2D eigenvalue weighted by Gasteiger charge is 2.41. The van der Waals surface area contributed by atoms with E-state index < -0.39 is 18.0 Å².